The summed E-state index contributed by atoms with van der Waals surface area (Å²) in [7, 11) is 2.05. The minimum atomic E-state index is -0.0994. The second-order valence-corrected chi connectivity index (χ2v) is 7.28. The van der Waals surface area contributed by atoms with Crippen molar-refractivity contribution in [2.45, 2.75) is 38.0 Å². The largest absolute Gasteiger partial charge is 0.337 e. The average Bonchev–Trinajstić information content (AvgIpc) is 2.67. The highest BCUT2D eigenvalue weighted by atomic mass is 16.2. The van der Waals surface area contributed by atoms with Gasteiger partial charge in [-0.1, -0.05) is 43.5 Å². The number of nitrogens with zero attached hydrogens (tertiary/aromatic N) is 2. The first-order valence-corrected chi connectivity index (χ1v) is 9.43. The SMILES string of the molecule is CN1CCN(C(=O)/C=C/C(=O)c2ccc(C3CCCCC3)cc2)CC1. The van der Waals surface area contributed by atoms with Crippen LogP contribution in [0, 0.1) is 0 Å². The molecule has 1 aromatic carbocycles. The molecule has 1 heterocycles. The molecule has 1 aliphatic heterocycles. The van der Waals surface area contributed by atoms with Crippen LogP contribution in [0.25, 0.3) is 0 Å². The molecule has 2 aliphatic rings. The zero-order valence-corrected chi connectivity index (χ0v) is 15.1. The van der Waals surface area contributed by atoms with Gasteiger partial charge in [-0.25, -0.2) is 0 Å². The number of hydrogen-bond acceptors (Lipinski definition) is 3. The number of likely N-dealkylation sites (N-methyl/N-ethyl adjacent to an activating group) is 1. The van der Waals surface area contributed by atoms with Crippen molar-refractivity contribution in [3.8, 4) is 0 Å². The fourth-order valence-electron chi connectivity index (χ4n) is 3.73. The molecule has 1 saturated heterocycles. The van der Waals surface area contributed by atoms with Crippen molar-refractivity contribution < 1.29 is 9.59 Å². The van der Waals surface area contributed by atoms with Crippen molar-refractivity contribution >= 4 is 11.7 Å². The van der Waals surface area contributed by atoms with Crippen LogP contribution in [0.1, 0.15) is 53.9 Å². The number of benzene rings is 1. The van der Waals surface area contributed by atoms with Crippen LogP contribution in [0.4, 0.5) is 0 Å². The van der Waals surface area contributed by atoms with Crippen molar-refractivity contribution in [1.29, 1.82) is 0 Å². The fraction of sp³-hybridized carbons (Fsp3) is 0.524. The normalized spacial score (nSPS) is 20.1. The Balaban J connectivity index is 1.56. The van der Waals surface area contributed by atoms with E-state index in [0.717, 1.165) is 26.2 Å². The second-order valence-electron chi connectivity index (χ2n) is 7.28. The van der Waals surface area contributed by atoms with Gasteiger partial charge < -0.3 is 9.80 Å². The number of rotatable bonds is 4. The van der Waals surface area contributed by atoms with Crippen LogP contribution in [0.3, 0.4) is 0 Å². The molecule has 0 aromatic heterocycles. The lowest BCUT2D eigenvalue weighted by molar-refractivity contribution is -0.127. The van der Waals surface area contributed by atoms with Gasteiger partial charge in [-0.3, -0.25) is 9.59 Å². The first-order valence-electron chi connectivity index (χ1n) is 9.43. The van der Waals surface area contributed by atoms with Gasteiger partial charge in [-0.05, 0) is 37.4 Å². The topological polar surface area (TPSA) is 40.6 Å². The first kappa shape index (κ1) is 17.9. The summed E-state index contributed by atoms with van der Waals surface area (Å²) in [5.41, 5.74) is 2.00. The maximum Gasteiger partial charge on any atom is 0.246 e. The molecule has 0 atom stereocenters. The van der Waals surface area contributed by atoms with Gasteiger partial charge in [0.1, 0.15) is 0 Å². The molecule has 0 radical (unpaired) electrons. The Hall–Kier alpha value is -1.94. The minimum Gasteiger partial charge on any atom is -0.337 e. The summed E-state index contributed by atoms with van der Waals surface area (Å²) in [5.74, 6) is 0.477. The number of ketones is 1. The molecule has 1 aliphatic carbocycles. The molecule has 4 heteroatoms. The van der Waals surface area contributed by atoms with E-state index in [9.17, 15) is 9.59 Å². The van der Waals surface area contributed by atoms with E-state index >= 15 is 0 Å². The number of amides is 1. The van der Waals surface area contributed by atoms with E-state index in [1.165, 1.54) is 49.8 Å². The highest BCUT2D eigenvalue weighted by Crippen LogP contribution is 2.32. The molecule has 134 valence electrons. The zero-order valence-electron chi connectivity index (χ0n) is 15.1. The minimum absolute atomic E-state index is 0.0692. The van der Waals surface area contributed by atoms with Crippen LogP contribution >= 0.6 is 0 Å². The molecule has 2 fully saturated rings. The van der Waals surface area contributed by atoms with Gasteiger partial charge in [0.2, 0.25) is 5.91 Å². The average molecular weight is 340 g/mol. The van der Waals surface area contributed by atoms with Crippen LogP contribution in [0.5, 0.6) is 0 Å². The Labute approximate surface area is 150 Å². The summed E-state index contributed by atoms with van der Waals surface area (Å²) in [6, 6.07) is 7.96. The van der Waals surface area contributed by atoms with Crippen LogP contribution in [0.2, 0.25) is 0 Å². The van der Waals surface area contributed by atoms with Gasteiger partial charge in [0.15, 0.2) is 5.78 Å². The first-order chi connectivity index (χ1) is 12.1. The van der Waals surface area contributed by atoms with E-state index < -0.39 is 0 Å². The third-order valence-corrected chi connectivity index (χ3v) is 5.46. The smallest absolute Gasteiger partial charge is 0.246 e. The molecule has 1 saturated carbocycles. The van der Waals surface area contributed by atoms with Crippen molar-refractivity contribution in [3.63, 3.8) is 0 Å². The monoisotopic (exact) mass is 340 g/mol. The maximum absolute atomic E-state index is 12.3. The molecule has 3 rings (SSSR count). The molecule has 4 nitrogen and oxygen atoms in total. The molecule has 1 amide bonds. The maximum atomic E-state index is 12.3. The van der Waals surface area contributed by atoms with Gasteiger partial charge in [-0.2, -0.15) is 0 Å². The Kier molecular flexibility index (Phi) is 6.03. The number of allylic oxidation sites excluding steroid dienone is 1. The van der Waals surface area contributed by atoms with Crippen LogP contribution in [-0.2, 0) is 4.79 Å². The zero-order chi connectivity index (χ0) is 17.6. The van der Waals surface area contributed by atoms with E-state index in [1.54, 1.807) is 4.90 Å². The van der Waals surface area contributed by atoms with Crippen LogP contribution < -0.4 is 0 Å². The molecule has 0 spiro atoms. The lowest BCUT2D eigenvalue weighted by atomic mass is 9.84. The van der Waals surface area contributed by atoms with Gasteiger partial charge in [0, 0.05) is 37.8 Å². The molecule has 0 unspecified atom stereocenters. The van der Waals surface area contributed by atoms with E-state index in [0.29, 0.717) is 11.5 Å². The van der Waals surface area contributed by atoms with Crippen LogP contribution in [0.15, 0.2) is 36.4 Å². The summed E-state index contributed by atoms with van der Waals surface area (Å²) in [6.07, 6.45) is 9.31. The summed E-state index contributed by atoms with van der Waals surface area (Å²) in [5, 5.41) is 0. The van der Waals surface area contributed by atoms with Crippen molar-refractivity contribution in [2.75, 3.05) is 33.2 Å². The molecule has 1 aromatic rings. The summed E-state index contributed by atoms with van der Waals surface area (Å²) >= 11 is 0. The number of carbonyl (C=O) groups is 2. The molecule has 0 N–H and O–H groups in total. The van der Waals surface area contributed by atoms with Crippen LogP contribution in [-0.4, -0.2) is 54.7 Å². The molecular formula is C21H28N2O2. The third kappa shape index (κ3) is 4.79. The predicted molar refractivity (Wildman–Crippen MR) is 99.8 cm³/mol. The highest BCUT2D eigenvalue weighted by molar-refractivity contribution is 6.07. The van der Waals surface area contributed by atoms with Gasteiger partial charge >= 0.3 is 0 Å². The van der Waals surface area contributed by atoms with E-state index in [4.69, 9.17) is 0 Å². The number of piperazine rings is 1. The Morgan fingerprint density at radius 3 is 2.20 bits per heavy atom. The lowest BCUT2D eigenvalue weighted by Crippen LogP contribution is -2.46. The molecule has 25 heavy (non-hydrogen) atoms. The predicted octanol–water partition coefficient (Wildman–Crippen LogP) is 3.25. The van der Waals surface area contributed by atoms with Gasteiger partial charge in [-0.15, -0.1) is 0 Å². The molecular weight excluding hydrogens is 312 g/mol. The Bertz CT molecular complexity index is 622. The Morgan fingerprint density at radius 1 is 0.920 bits per heavy atom. The van der Waals surface area contributed by atoms with Crippen molar-refractivity contribution in [2.24, 2.45) is 0 Å². The highest BCUT2D eigenvalue weighted by Gasteiger charge is 2.18. The quantitative estimate of drug-likeness (QED) is 0.624. The summed E-state index contributed by atoms with van der Waals surface area (Å²) < 4.78 is 0. The van der Waals surface area contributed by atoms with Crippen molar-refractivity contribution in [3.05, 3.63) is 47.5 Å². The third-order valence-electron chi connectivity index (χ3n) is 5.46. The second kappa shape index (κ2) is 8.43. The van der Waals surface area contributed by atoms with Crippen molar-refractivity contribution in [1.82, 2.24) is 9.80 Å². The molecule has 0 bridgehead atoms. The number of carbonyl (C=O) groups excluding carboxylic acids is 2. The van der Waals surface area contributed by atoms with Gasteiger partial charge in [0.25, 0.3) is 0 Å². The Morgan fingerprint density at radius 2 is 1.56 bits per heavy atom. The lowest BCUT2D eigenvalue weighted by Gasteiger charge is -2.31. The summed E-state index contributed by atoms with van der Waals surface area (Å²) in [4.78, 5) is 28.5. The van der Waals surface area contributed by atoms with E-state index in [-0.39, 0.29) is 11.7 Å². The van der Waals surface area contributed by atoms with E-state index in [2.05, 4.69) is 24.1 Å². The number of hydrogen-bond donors (Lipinski definition) is 0. The van der Waals surface area contributed by atoms with Gasteiger partial charge in [0.05, 0.1) is 0 Å². The summed E-state index contributed by atoms with van der Waals surface area (Å²) in [6.45, 7) is 3.22. The fourth-order valence-corrected chi connectivity index (χ4v) is 3.73. The standard InChI is InChI=1S/C21H28N2O2/c1-22-13-15-23(16-14-22)21(25)12-11-20(24)19-9-7-18(8-10-19)17-5-3-2-4-6-17/h7-12,17H,2-6,13-16H2,1H3/b12-11+. The van der Waals surface area contributed by atoms with E-state index in [1.807, 2.05) is 12.1 Å².